The summed E-state index contributed by atoms with van der Waals surface area (Å²) in [5.41, 5.74) is 5.91. The van der Waals surface area contributed by atoms with Crippen LogP contribution in [0.3, 0.4) is 0 Å². The molecule has 0 radical (unpaired) electrons. The molecule has 0 saturated heterocycles. The Balaban J connectivity index is 1.47. The molecule has 2 heterocycles. The zero-order valence-electron chi connectivity index (χ0n) is 23.5. The maximum Gasteiger partial charge on any atom is 0.356 e. The molecule has 0 amide bonds. The van der Waals surface area contributed by atoms with Gasteiger partial charge in [0.2, 0.25) is 5.89 Å². The number of fused-ring (bicyclic) bond motifs is 1. The first kappa shape index (κ1) is 27.0. The zero-order chi connectivity index (χ0) is 27.8. The van der Waals surface area contributed by atoms with Crippen LogP contribution in [0, 0.1) is 5.92 Å². The summed E-state index contributed by atoms with van der Waals surface area (Å²) in [6.45, 7) is 11.3. The molecule has 0 aliphatic heterocycles. The predicted octanol–water partition coefficient (Wildman–Crippen LogP) is 7.67. The summed E-state index contributed by atoms with van der Waals surface area (Å²) < 4.78 is 18.2. The van der Waals surface area contributed by atoms with Gasteiger partial charge in [-0.2, -0.15) is 0 Å². The Morgan fingerprint density at radius 2 is 1.72 bits per heavy atom. The molecule has 2 unspecified atom stereocenters. The highest BCUT2D eigenvalue weighted by Gasteiger charge is 2.44. The van der Waals surface area contributed by atoms with Crippen molar-refractivity contribution in [3.05, 3.63) is 95.6 Å². The summed E-state index contributed by atoms with van der Waals surface area (Å²) in [6.07, 6.45) is 3.17. The normalized spacial score (nSPS) is 16.1. The SMILES string of the molecule is COC(=O)c1cccc(-c2cnc(C(O[Si](C)(C)C(C)(C)C)C3Cc4ccc(-c5ccccc5)cc4C3)o2)n1. The van der Waals surface area contributed by atoms with Crippen LogP contribution in [0.5, 0.6) is 0 Å². The van der Waals surface area contributed by atoms with E-state index in [1.54, 1.807) is 24.4 Å². The monoisotopic (exact) mass is 540 g/mol. The van der Waals surface area contributed by atoms with Gasteiger partial charge < -0.3 is 13.6 Å². The highest BCUT2D eigenvalue weighted by atomic mass is 28.4. The Morgan fingerprint density at radius 3 is 2.44 bits per heavy atom. The number of rotatable bonds is 7. The molecule has 1 aliphatic rings. The molecule has 6 nitrogen and oxygen atoms in total. The van der Waals surface area contributed by atoms with Crippen molar-refractivity contribution < 1.29 is 18.4 Å². The summed E-state index contributed by atoms with van der Waals surface area (Å²) >= 11 is 0. The lowest BCUT2D eigenvalue weighted by Crippen LogP contribution is -2.43. The van der Waals surface area contributed by atoms with Gasteiger partial charge in [0.25, 0.3) is 0 Å². The fourth-order valence-corrected chi connectivity index (χ4v) is 6.13. The number of nitrogens with zero attached hydrogens (tertiary/aromatic N) is 2. The number of oxazole rings is 1. The number of esters is 1. The van der Waals surface area contributed by atoms with Gasteiger partial charge in [0.05, 0.1) is 13.3 Å². The van der Waals surface area contributed by atoms with Crippen molar-refractivity contribution in [3.8, 4) is 22.6 Å². The number of ether oxygens (including phenoxy) is 1. The first-order valence-corrected chi connectivity index (χ1v) is 16.3. The van der Waals surface area contributed by atoms with E-state index < -0.39 is 14.3 Å². The van der Waals surface area contributed by atoms with E-state index in [0.717, 1.165) is 12.8 Å². The fraction of sp³-hybridized carbons (Fsp3) is 0.344. The smallest absolute Gasteiger partial charge is 0.356 e. The van der Waals surface area contributed by atoms with Crippen molar-refractivity contribution in [2.45, 2.75) is 57.8 Å². The van der Waals surface area contributed by atoms with E-state index >= 15 is 0 Å². The molecule has 2 atom stereocenters. The third kappa shape index (κ3) is 5.60. The molecule has 7 heteroatoms. The summed E-state index contributed by atoms with van der Waals surface area (Å²) in [5, 5.41) is 0.0308. The van der Waals surface area contributed by atoms with Crippen LogP contribution in [-0.2, 0) is 22.0 Å². The number of hydrogen-bond donors (Lipinski definition) is 0. The lowest BCUT2D eigenvalue weighted by molar-refractivity contribution is 0.0594. The second-order valence-electron chi connectivity index (χ2n) is 11.8. The fourth-order valence-electron chi connectivity index (χ4n) is 4.85. The van der Waals surface area contributed by atoms with Gasteiger partial charge in [-0.1, -0.05) is 75.4 Å². The van der Waals surface area contributed by atoms with Crippen molar-refractivity contribution in [1.82, 2.24) is 9.97 Å². The van der Waals surface area contributed by atoms with E-state index in [1.807, 2.05) is 6.07 Å². The molecular formula is C32H36N2O4Si. The van der Waals surface area contributed by atoms with E-state index in [2.05, 4.69) is 81.3 Å². The van der Waals surface area contributed by atoms with Gasteiger partial charge in [0.1, 0.15) is 17.5 Å². The van der Waals surface area contributed by atoms with Gasteiger partial charge in [-0.25, -0.2) is 14.8 Å². The number of methoxy groups -OCH3 is 1. The first-order chi connectivity index (χ1) is 18.6. The number of pyridine rings is 1. The number of benzene rings is 2. The Morgan fingerprint density at radius 1 is 0.974 bits per heavy atom. The summed E-state index contributed by atoms with van der Waals surface area (Å²) in [5.74, 6) is 0.762. The molecule has 2 aromatic carbocycles. The number of carbonyl (C=O) groups excluding carboxylic acids is 1. The quantitative estimate of drug-likeness (QED) is 0.177. The molecule has 39 heavy (non-hydrogen) atoms. The van der Waals surface area contributed by atoms with Gasteiger partial charge in [-0.15, -0.1) is 0 Å². The van der Waals surface area contributed by atoms with E-state index in [-0.39, 0.29) is 22.8 Å². The highest BCUT2D eigenvalue weighted by Crippen LogP contribution is 2.45. The van der Waals surface area contributed by atoms with Gasteiger partial charge >= 0.3 is 5.97 Å². The molecule has 5 rings (SSSR count). The summed E-state index contributed by atoms with van der Waals surface area (Å²) in [6, 6.07) is 22.5. The van der Waals surface area contributed by atoms with E-state index in [9.17, 15) is 4.79 Å². The molecule has 0 saturated carbocycles. The van der Waals surface area contributed by atoms with E-state index in [0.29, 0.717) is 17.3 Å². The largest absolute Gasteiger partial charge is 0.464 e. The van der Waals surface area contributed by atoms with Crippen molar-refractivity contribution in [3.63, 3.8) is 0 Å². The highest BCUT2D eigenvalue weighted by molar-refractivity contribution is 6.74. The zero-order valence-corrected chi connectivity index (χ0v) is 24.5. The Bertz CT molecular complexity index is 1470. The van der Waals surface area contributed by atoms with Crippen LogP contribution in [-0.4, -0.2) is 31.4 Å². The van der Waals surface area contributed by atoms with E-state index in [1.165, 1.54) is 29.4 Å². The van der Waals surface area contributed by atoms with Crippen LogP contribution in [0.25, 0.3) is 22.6 Å². The standard InChI is InChI=1S/C32H36N2O4Si/c1-32(2,3)39(5,6)38-29(30-33-20-28(37-30)26-13-10-14-27(34-26)31(35)36-4)25-18-23-16-15-22(17-24(23)19-25)21-11-8-7-9-12-21/h7-17,20,25,29H,18-19H2,1-6H3. The summed E-state index contributed by atoms with van der Waals surface area (Å²) in [7, 11) is -0.819. The van der Waals surface area contributed by atoms with Gasteiger partial charge in [-0.05, 0) is 65.4 Å². The topological polar surface area (TPSA) is 74.5 Å². The minimum atomic E-state index is -2.16. The van der Waals surface area contributed by atoms with Crippen LogP contribution in [0.15, 0.2) is 77.3 Å². The Kier molecular flexibility index (Phi) is 7.31. The number of aromatic nitrogens is 2. The minimum Gasteiger partial charge on any atom is -0.464 e. The van der Waals surface area contributed by atoms with Crippen molar-refractivity contribution in [1.29, 1.82) is 0 Å². The van der Waals surface area contributed by atoms with Gasteiger partial charge in [0, 0.05) is 5.92 Å². The first-order valence-electron chi connectivity index (χ1n) is 13.4. The lowest BCUT2D eigenvalue weighted by atomic mass is 9.99. The maximum atomic E-state index is 12.0. The Labute approximate surface area is 231 Å². The molecule has 1 aliphatic carbocycles. The van der Waals surface area contributed by atoms with Crippen LogP contribution in [0.2, 0.25) is 18.1 Å². The number of hydrogen-bond acceptors (Lipinski definition) is 6. The average molecular weight is 541 g/mol. The molecule has 4 aromatic rings. The average Bonchev–Trinajstić information content (AvgIpc) is 3.58. The minimum absolute atomic E-state index is 0.0308. The predicted molar refractivity (Wildman–Crippen MR) is 155 cm³/mol. The Hall–Kier alpha value is -3.55. The summed E-state index contributed by atoms with van der Waals surface area (Å²) in [4.78, 5) is 21.1. The van der Waals surface area contributed by atoms with E-state index in [4.69, 9.17) is 18.6 Å². The molecule has 0 N–H and O–H groups in total. The second kappa shape index (κ2) is 10.5. The lowest BCUT2D eigenvalue weighted by Gasteiger charge is -2.40. The molecule has 0 fully saturated rings. The van der Waals surface area contributed by atoms with Crippen molar-refractivity contribution >= 4 is 14.3 Å². The molecule has 0 spiro atoms. The van der Waals surface area contributed by atoms with Crippen molar-refractivity contribution in [2.75, 3.05) is 7.11 Å². The molecule has 2 aromatic heterocycles. The van der Waals surface area contributed by atoms with Crippen LogP contribution in [0.4, 0.5) is 0 Å². The van der Waals surface area contributed by atoms with Crippen molar-refractivity contribution in [2.24, 2.45) is 5.92 Å². The van der Waals surface area contributed by atoms with Crippen LogP contribution >= 0.6 is 0 Å². The molecule has 0 bridgehead atoms. The van der Waals surface area contributed by atoms with Gasteiger partial charge in [-0.3, -0.25) is 0 Å². The third-order valence-electron chi connectivity index (χ3n) is 8.10. The maximum absolute atomic E-state index is 12.0. The van der Waals surface area contributed by atoms with Crippen LogP contribution in [0.1, 0.15) is 54.4 Å². The molecular weight excluding hydrogens is 504 g/mol. The third-order valence-corrected chi connectivity index (χ3v) is 12.6. The number of carbonyl (C=O) groups is 1. The molecule has 202 valence electrons. The van der Waals surface area contributed by atoms with Gasteiger partial charge in [0.15, 0.2) is 14.1 Å². The second-order valence-corrected chi connectivity index (χ2v) is 16.5. The van der Waals surface area contributed by atoms with Crippen LogP contribution < -0.4 is 0 Å².